The molecular weight excluding hydrogens is 206 g/mol. The van der Waals surface area contributed by atoms with Gasteiger partial charge < -0.3 is 9.84 Å². The van der Waals surface area contributed by atoms with Crippen LogP contribution in [0.2, 0.25) is 0 Å². The lowest BCUT2D eigenvalue weighted by molar-refractivity contribution is -0.144. The Labute approximate surface area is 98.6 Å². The predicted octanol–water partition coefficient (Wildman–Crippen LogP) is 1.42. The van der Waals surface area contributed by atoms with E-state index in [1.165, 1.54) is 0 Å². The van der Waals surface area contributed by atoms with E-state index in [0.29, 0.717) is 19.6 Å². The second-order valence-electron chi connectivity index (χ2n) is 3.97. The predicted molar refractivity (Wildman–Crippen MR) is 64.3 cm³/mol. The summed E-state index contributed by atoms with van der Waals surface area (Å²) < 4.78 is 4.92. The van der Waals surface area contributed by atoms with Crippen LogP contribution in [0.5, 0.6) is 0 Å². The van der Waals surface area contributed by atoms with Gasteiger partial charge in [0.15, 0.2) is 0 Å². The number of nitrogens with zero attached hydrogens (tertiary/aromatic N) is 1. The Hall–Kier alpha value is -0.610. The number of hydrogen-bond acceptors (Lipinski definition) is 4. The fourth-order valence-corrected chi connectivity index (χ4v) is 1.63. The average molecular weight is 231 g/mol. The largest absolute Gasteiger partial charge is 0.466 e. The Kier molecular flexibility index (Phi) is 9.24. The smallest absolute Gasteiger partial charge is 0.307 e. The van der Waals surface area contributed by atoms with Gasteiger partial charge in [-0.3, -0.25) is 9.69 Å². The molecule has 4 nitrogen and oxygen atoms in total. The van der Waals surface area contributed by atoms with E-state index in [9.17, 15) is 4.79 Å². The fraction of sp³-hybridized carbons (Fsp3) is 0.917. The highest BCUT2D eigenvalue weighted by Crippen LogP contribution is 2.06. The van der Waals surface area contributed by atoms with E-state index in [1.54, 1.807) is 0 Å². The SMILES string of the molecule is CCCCN(CCO)C(C)CC(=O)OCC. The van der Waals surface area contributed by atoms with Crippen LogP contribution in [0.3, 0.4) is 0 Å². The molecule has 0 rings (SSSR count). The van der Waals surface area contributed by atoms with Gasteiger partial charge in [-0.1, -0.05) is 13.3 Å². The van der Waals surface area contributed by atoms with Crippen LogP contribution in [0, 0.1) is 0 Å². The standard InChI is InChI=1S/C12H25NO3/c1-4-6-7-13(8-9-14)11(3)10-12(15)16-5-2/h11,14H,4-10H2,1-3H3. The molecule has 4 heteroatoms. The zero-order valence-corrected chi connectivity index (χ0v) is 10.7. The van der Waals surface area contributed by atoms with Crippen LogP contribution in [-0.2, 0) is 9.53 Å². The topological polar surface area (TPSA) is 49.8 Å². The van der Waals surface area contributed by atoms with Crippen molar-refractivity contribution in [2.45, 2.75) is 46.1 Å². The molecule has 0 radical (unpaired) electrons. The summed E-state index contributed by atoms with van der Waals surface area (Å²) in [6.07, 6.45) is 2.61. The zero-order chi connectivity index (χ0) is 12.4. The van der Waals surface area contributed by atoms with Crippen molar-refractivity contribution < 1.29 is 14.6 Å². The molecule has 0 aliphatic rings. The Morgan fingerprint density at radius 1 is 1.38 bits per heavy atom. The van der Waals surface area contributed by atoms with Crippen molar-refractivity contribution in [3.05, 3.63) is 0 Å². The first-order valence-corrected chi connectivity index (χ1v) is 6.16. The van der Waals surface area contributed by atoms with Crippen molar-refractivity contribution in [1.82, 2.24) is 4.90 Å². The van der Waals surface area contributed by atoms with Crippen LogP contribution in [0.25, 0.3) is 0 Å². The second kappa shape index (κ2) is 9.60. The van der Waals surface area contributed by atoms with Crippen molar-refractivity contribution in [2.75, 3.05) is 26.3 Å². The highest BCUT2D eigenvalue weighted by molar-refractivity contribution is 5.70. The number of unbranched alkanes of at least 4 members (excludes halogenated alkanes) is 1. The Balaban J connectivity index is 4.03. The molecule has 0 aliphatic carbocycles. The Morgan fingerprint density at radius 2 is 2.06 bits per heavy atom. The van der Waals surface area contributed by atoms with Crippen molar-refractivity contribution in [3.63, 3.8) is 0 Å². The molecule has 0 aromatic rings. The summed E-state index contributed by atoms with van der Waals surface area (Å²) in [4.78, 5) is 13.5. The first-order valence-electron chi connectivity index (χ1n) is 6.16. The molecule has 0 heterocycles. The van der Waals surface area contributed by atoms with E-state index in [1.807, 2.05) is 13.8 Å². The molecule has 0 aromatic heterocycles. The second-order valence-corrected chi connectivity index (χ2v) is 3.97. The number of esters is 1. The summed E-state index contributed by atoms with van der Waals surface area (Å²) in [6, 6.07) is 0.137. The third-order valence-electron chi connectivity index (χ3n) is 2.58. The molecule has 96 valence electrons. The average Bonchev–Trinajstić information content (AvgIpc) is 2.24. The number of hydrogen-bond donors (Lipinski definition) is 1. The van der Waals surface area contributed by atoms with Crippen molar-refractivity contribution in [1.29, 1.82) is 0 Å². The van der Waals surface area contributed by atoms with Crippen LogP contribution < -0.4 is 0 Å². The van der Waals surface area contributed by atoms with E-state index in [2.05, 4.69) is 11.8 Å². The number of ether oxygens (including phenoxy) is 1. The zero-order valence-electron chi connectivity index (χ0n) is 10.7. The van der Waals surface area contributed by atoms with Gasteiger partial charge >= 0.3 is 5.97 Å². The van der Waals surface area contributed by atoms with Crippen LogP contribution in [-0.4, -0.2) is 48.3 Å². The van der Waals surface area contributed by atoms with Gasteiger partial charge in [0.05, 0.1) is 19.6 Å². The first-order chi connectivity index (χ1) is 7.65. The third-order valence-corrected chi connectivity index (χ3v) is 2.58. The molecule has 0 aromatic carbocycles. The first kappa shape index (κ1) is 15.4. The maximum absolute atomic E-state index is 11.3. The quantitative estimate of drug-likeness (QED) is 0.610. The van der Waals surface area contributed by atoms with E-state index in [0.717, 1.165) is 19.4 Å². The van der Waals surface area contributed by atoms with Gasteiger partial charge in [-0.15, -0.1) is 0 Å². The number of rotatable bonds is 9. The minimum absolute atomic E-state index is 0.136. The highest BCUT2D eigenvalue weighted by atomic mass is 16.5. The van der Waals surface area contributed by atoms with Gasteiger partial charge in [-0.2, -0.15) is 0 Å². The van der Waals surface area contributed by atoms with Gasteiger partial charge in [-0.25, -0.2) is 0 Å². The fourth-order valence-electron chi connectivity index (χ4n) is 1.63. The molecule has 1 N–H and O–H groups in total. The van der Waals surface area contributed by atoms with E-state index >= 15 is 0 Å². The van der Waals surface area contributed by atoms with Gasteiger partial charge in [0.25, 0.3) is 0 Å². The summed E-state index contributed by atoms with van der Waals surface area (Å²) in [5, 5.41) is 8.96. The van der Waals surface area contributed by atoms with Crippen LogP contribution in [0.15, 0.2) is 0 Å². The minimum atomic E-state index is -0.158. The summed E-state index contributed by atoms with van der Waals surface area (Å²) >= 11 is 0. The number of aliphatic hydroxyl groups excluding tert-OH is 1. The van der Waals surface area contributed by atoms with Crippen molar-refractivity contribution in [3.8, 4) is 0 Å². The maximum Gasteiger partial charge on any atom is 0.307 e. The molecule has 1 unspecified atom stereocenters. The highest BCUT2D eigenvalue weighted by Gasteiger charge is 2.16. The number of carbonyl (C=O) groups is 1. The monoisotopic (exact) mass is 231 g/mol. The molecule has 0 saturated heterocycles. The van der Waals surface area contributed by atoms with Gasteiger partial charge in [0.2, 0.25) is 0 Å². The Bertz CT molecular complexity index is 185. The van der Waals surface area contributed by atoms with Gasteiger partial charge in [0.1, 0.15) is 0 Å². The molecule has 0 saturated carbocycles. The van der Waals surface area contributed by atoms with E-state index in [4.69, 9.17) is 9.84 Å². The third kappa shape index (κ3) is 6.80. The lowest BCUT2D eigenvalue weighted by atomic mass is 10.2. The van der Waals surface area contributed by atoms with Crippen LogP contribution in [0.1, 0.15) is 40.0 Å². The summed E-state index contributed by atoms with van der Waals surface area (Å²) in [7, 11) is 0. The molecular formula is C12H25NO3. The maximum atomic E-state index is 11.3. The lowest BCUT2D eigenvalue weighted by Gasteiger charge is -2.27. The lowest BCUT2D eigenvalue weighted by Crippen LogP contribution is -2.37. The molecule has 0 amide bonds. The van der Waals surface area contributed by atoms with Crippen LogP contribution in [0.4, 0.5) is 0 Å². The Morgan fingerprint density at radius 3 is 2.56 bits per heavy atom. The van der Waals surface area contributed by atoms with Gasteiger partial charge in [0, 0.05) is 12.6 Å². The summed E-state index contributed by atoms with van der Waals surface area (Å²) in [5.41, 5.74) is 0. The summed E-state index contributed by atoms with van der Waals surface area (Å²) in [6.45, 7) is 8.07. The molecule has 0 aliphatic heterocycles. The van der Waals surface area contributed by atoms with Gasteiger partial charge in [-0.05, 0) is 26.8 Å². The van der Waals surface area contributed by atoms with Crippen molar-refractivity contribution >= 4 is 5.97 Å². The molecule has 16 heavy (non-hydrogen) atoms. The molecule has 0 spiro atoms. The molecule has 0 bridgehead atoms. The molecule has 1 atom stereocenters. The normalized spacial score (nSPS) is 12.8. The van der Waals surface area contributed by atoms with E-state index < -0.39 is 0 Å². The minimum Gasteiger partial charge on any atom is -0.466 e. The van der Waals surface area contributed by atoms with E-state index in [-0.39, 0.29) is 18.6 Å². The van der Waals surface area contributed by atoms with Crippen LogP contribution >= 0.6 is 0 Å². The van der Waals surface area contributed by atoms with Crippen molar-refractivity contribution in [2.24, 2.45) is 0 Å². The summed E-state index contributed by atoms with van der Waals surface area (Å²) in [5.74, 6) is -0.158. The molecule has 0 fully saturated rings. The number of aliphatic hydroxyl groups is 1. The number of carbonyl (C=O) groups excluding carboxylic acids is 1.